The molecule has 2 aliphatic rings. The van der Waals surface area contributed by atoms with E-state index >= 15 is 0 Å². The third-order valence-electron chi connectivity index (χ3n) is 5.12. The normalized spacial score (nSPS) is 18.3. The van der Waals surface area contributed by atoms with Crippen LogP contribution in [-0.2, 0) is 4.79 Å². The van der Waals surface area contributed by atoms with Crippen molar-refractivity contribution in [1.82, 2.24) is 9.97 Å². The third kappa shape index (κ3) is 3.53. The molecule has 0 radical (unpaired) electrons. The van der Waals surface area contributed by atoms with Gasteiger partial charge < -0.3 is 20.1 Å². The number of phenolic OH excluding ortho intramolecular Hbond substituents is 1. The average molecular weight is 413 g/mol. The summed E-state index contributed by atoms with van der Waals surface area (Å²) in [7, 11) is 1.47. The summed E-state index contributed by atoms with van der Waals surface area (Å²) in [4.78, 5) is 33.4. The van der Waals surface area contributed by atoms with Crippen LogP contribution in [0.25, 0.3) is 0 Å². The zero-order valence-electron chi connectivity index (χ0n) is 16.5. The van der Waals surface area contributed by atoms with Gasteiger partial charge in [0, 0.05) is 28.9 Å². The Balaban J connectivity index is 1.93. The van der Waals surface area contributed by atoms with Gasteiger partial charge in [0.05, 0.1) is 12.7 Å². The van der Waals surface area contributed by atoms with Gasteiger partial charge >= 0.3 is 0 Å². The number of hydrogen-bond donors (Lipinski definition) is 3. The number of ketones is 1. The van der Waals surface area contributed by atoms with Crippen LogP contribution in [0.4, 0.5) is 5.82 Å². The predicted molar refractivity (Wildman–Crippen MR) is 112 cm³/mol. The van der Waals surface area contributed by atoms with Crippen molar-refractivity contribution in [3.63, 3.8) is 0 Å². The largest absolute Gasteiger partial charge is 0.504 e. The molecule has 2 heterocycles. The number of aromatic amines is 1. The van der Waals surface area contributed by atoms with Crippen LogP contribution in [0.2, 0.25) is 0 Å². The lowest BCUT2D eigenvalue weighted by atomic mass is 9.76. The molecule has 2 aromatic rings. The van der Waals surface area contributed by atoms with Crippen molar-refractivity contribution in [2.75, 3.05) is 12.4 Å². The molecule has 7 nitrogen and oxygen atoms in total. The van der Waals surface area contributed by atoms with Crippen molar-refractivity contribution in [3.8, 4) is 11.5 Å². The summed E-state index contributed by atoms with van der Waals surface area (Å²) in [5.74, 6) is 0.261. The van der Waals surface area contributed by atoms with Crippen molar-refractivity contribution in [3.05, 3.63) is 50.9 Å². The van der Waals surface area contributed by atoms with Gasteiger partial charge in [-0.3, -0.25) is 9.59 Å². The molecule has 152 valence electrons. The van der Waals surface area contributed by atoms with Crippen molar-refractivity contribution < 1.29 is 14.6 Å². The molecule has 1 aromatic carbocycles. The van der Waals surface area contributed by atoms with Gasteiger partial charge in [-0.05, 0) is 30.5 Å². The molecular weight excluding hydrogens is 390 g/mol. The van der Waals surface area contributed by atoms with E-state index in [0.29, 0.717) is 39.8 Å². The van der Waals surface area contributed by atoms with E-state index in [1.54, 1.807) is 12.1 Å². The number of carbonyl (C=O) groups is 1. The lowest BCUT2D eigenvalue weighted by Crippen LogP contribution is -2.32. The van der Waals surface area contributed by atoms with E-state index < -0.39 is 5.92 Å². The number of thioether (sulfide) groups is 1. The molecule has 4 rings (SSSR count). The number of aromatic hydroxyl groups is 1. The first-order valence-electron chi connectivity index (χ1n) is 9.60. The minimum absolute atomic E-state index is 0.00491. The Labute approximate surface area is 172 Å². The molecule has 0 amide bonds. The molecular formula is C21H23N3O4S. The maximum absolute atomic E-state index is 13.1. The molecule has 0 spiro atoms. The molecule has 0 unspecified atom stereocenters. The summed E-state index contributed by atoms with van der Waals surface area (Å²) in [5.41, 5.74) is 2.28. The number of fused-ring (bicyclic) bond motifs is 1. The van der Waals surface area contributed by atoms with Gasteiger partial charge in [-0.25, -0.2) is 4.98 Å². The van der Waals surface area contributed by atoms with Crippen LogP contribution in [0, 0.1) is 0 Å². The summed E-state index contributed by atoms with van der Waals surface area (Å²) in [6, 6.07) is 4.92. The van der Waals surface area contributed by atoms with E-state index in [2.05, 4.69) is 15.3 Å². The maximum atomic E-state index is 13.1. The SMILES string of the molecule is COc1cc([C@@H]2C3=C(CCCC3=O)Nc3nc(SC(C)C)[nH]c(=O)c32)ccc1O. The first-order valence-corrected chi connectivity index (χ1v) is 10.5. The molecule has 0 fully saturated rings. The molecule has 0 saturated heterocycles. The van der Waals surface area contributed by atoms with Crippen LogP contribution in [0.3, 0.4) is 0 Å². The fourth-order valence-corrected chi connectivity index (χ4v) is 4.67. The Morgan fingerprint density at radius 2 is 2.07 bits per heavy atom. The molecule has 0 saturated carbocycles. The summed E-state index contributed by atoms with van der Waals surface area (Å²) in [6.07, 6.45) is 1.95. The highest BCUT2D eigenvalue weighted by molar-refractivity contribution is 7.99. The minimum atomic E-state index is -0.558. The number of anilines is 1. The van der Waals surface area contributed by atoms with E-state index in [0.717, 1.165) is 18.5 Å². The van der Waals surface area contributed by atoms with Gasteiger partial charge in [-0.1, -0.05) is 31.7 Å². The summed E-state index contributed by atoms with van der Waals surface area (Å²) < 4.78 is 5.25. The Bertz CT molecular complexity index is 1070. The number of aromatic nitrogens is 2. The van der Waals surface area contributed by atoms with Crippen molar-refractivity contribution in [2.24, 2.45) is 0 Å². The highest BCUT2D eigenvalue weighted by atomic mass is 32.2. The van der Waals surface area contributed by atoms with Crippen LogP contribution in [0.5, 0.6) is 11.5 Å². The van der Waals surface area contributed by atoms with E-state index in [9.17, 15) is 14.7 Å². The maximum Gasteiger partial charge on any atom is 0.257 e. The Hall–Kier alpha value is -2.74. The fraction of sp³-hybridized carbons (Fsp3) is 0.381. The van der Waals surface area contributed by atoms with E-state index in [1.165, 1.54) is 24.9 Å². The van der Waals surface area contributed by atoms with Crippen LogP contribution < -0.4 is 15.6 Å². The molecule has 1 aliphatic carbocycles. The second-order valence-corrected chi connectivity index (χ2v) is 9.02. The summed E-state index contributed by atoms with van der Waals surface area (Å²) in [5, 5.41) is 14.1. The van der Waals surface area contributed by atoms with Gasteiger partial charge in [0.2, 0.25) is 0 Å². The smallest absolute Gasteiger partial charge is 0.257 e. The van der Waals surface area contributed by atoms with Crippen molar-refractivity contribution >= 4 is 23.4 Å². The number of nitrogens with one attached hydrogen (secondary N) is 2. The number of H-pyrrole nitrogens is 1. The number of allylic oxidation sites excluding steroid dienone is 2. The molecule has 0 bridgehead atoms. The lowest BCUT2D eigenvalue weighted by molar-refractivity contribution is -0.116. The number of rotatable bonds is 4. The Kier molecular flexibility index (Phi) is 5.12. The molecule has 3 N–H and O–H groups in total. The van der Waals surface area contributed by atoms with Crippen LogP contribution in [0.1, 0.15) is 50.2 Å². The quantitative estimate of drug-likeness (QED) is 0.520. The van der Waals surface area contributed by atoms with Crippen LogP contribution in [-0.4, -0.2) is 33.2 Å². The highest BCUT2D eigenvalue weighted by Crippen LogP contribution is 2.45. The number of methoxy groups -OCH3 is 1. The van der Waals surface area contributed by atoms with Gasteiger partial charge in [-0.15, -0.1) is 0 Å². The molecule has 8 heteroatoms. The second-order valence-electron chi connectivity index (χ2n) is 7.46. The third-order valence-corrected chi connectivity index (χ3v) is 6.01. The first kappa shape index (κ1) is 19.6. The summed E-state index contributed by atoms with van der Waals surface area (Å²) in [6.45, 7) is 4.06. The van der Waals surface area contributed by atoms with E-state index in [1.807, 2.05) is 13.8 Å². The van der Waals surface area contributed by atoms with Gasteiger partial charge in [-0.2, -0.15) is 0 Å². The monoisotopic (exact) mass is 413 g/mol. The molecule has 1 atom stereocenters. The Morgan fingerprint density at radius 3 is 2.79 bits per heavy atom. The number of ether oxygens (including phenoxy) is 1. The number of hydrogen-bond acceptors (Lipinski definition) is 7. The van der Waals surface area contributed by atoms with Crippen LogP contribution >= 0.6 is 11.8 Å². The lowest BCUT2D eigenvalue weighted by Gasteiger charge is -2.33. The van der Waals surface area contributed by atoms with Gasteiger partial charge in [0.25, 0.3) is 5.56 Å². The number of nitrogens with zero attached hydrogens (tertiary/aromatic N) is 1. The number of phenols is 1. The fourth-order valence-electron chi connectivity index (χ4n) is 3.93. The van der Waals surface area contributed by atoms with Gasteiger partial charge in [0.1, 0.15) is 5.82 Å². The van der Waals surface area contributed by atoms with E-state index in [-0.39, 0.29) is 22.3 Å². The van der Waals surface area contributed by atoms with Crippen LogP contribution in [0.15, 0.2) is 39.4 Å². The van der Waals surface area contributed by atoms with E-state index in [4.69, 9.17) is 4.74 Å². The topological polar surface area (TPSA) is 104 Å². The first-order chi connectivity index (χ1) is 13.9. The minimum Gasteiger partial charge on any atom is -0.504 e. The predicted octanol–water partition coefficient (Wildman–Crippen LogP) is 3.55. The zero-order valence-corrected chi connectivity index (χ0v) is 17.4. The second kappa shape index (κ2) is 7.59. The molecule has 1 aromatic heterocycles. The molecule has 1 aliphatic heterocycles. The average Bonchev–Trinajstić information content (AvgIpc) is 2.66. The van der Waals surface area contributed by atoms with Crippen molar-refractivity contribution in [2.45, 2.75) is 49.4 Å². The van der Waals surface area contributed by atoms with Gasteiger partial charge in [0.15, 0.2) is 22.4 Å². The zero-order chi connectivity index (χ0) is 20.7. The molecule has 29 heavy (non-hydrogen) atoms. The Morgan fingerprint density at radius 1 is 1.28 bits per heavy atom. The highest BCUT2D eigenvalue weighted by Gasteiger charge is 2.38. The number of Topliss-reactive ketones (excluding diaryl/α,β-unsaturated/α-hetero) is 1. The summed E-state index contributed by atoms with van der Waals surface area (Å²) >= 11 is 1.48. The number of benzene rings is 1. The standard InChI is InChI=1S/C21H23N3O4S/c1-10(2)29-21-23-19-18(20(27)24-21)16(11-7-8-13(25)15(9-11)28-3)17-12(22-19)5-4-6-14(17)26/h7-10,16,25H,4-6H2,1-3H3,(H2,22,23,24,27)/t16-/m1/s1. The number of carbonyl (C=O) groups excluding carboxylic acids is 1. The van der Waals surface area contributed by atoms with Crippen molar-refractivity contribution in [1.29, 1.82) is 0 Å².